The van der Waals surface area contributed by atoms with Gasteiger partial charge in [0.15, 0.2) is 0 Å². The van der Waals surface area contributed by atoms with E-state index in [1.807, 2.05) is 6.07 Å². The average molecular weight is 346 g/mol. The van der Waals surface area contributed by atoms with Crippen LogP contribution >= 0.6 is 27.5 Å². The van der Waals surface area contributed by atoms with Gasteiger partial charge in [0.25, 0.3) is 0 Å². The topological polar surface area (TPSA) is 15.3 Å². The number of nitrogens with zero attached hydrogens (tertiary/aromatic N) is 1. The first-order chi connectivity index (χ1) is 9.10. The van der Waals surface area contributed by atoms with E-state index in [-0.39, 0.29) is 5.54 Å². The van der Waals surface area contributed by atoms with Gasteiger partial charge in [0.05, 0.1) is 5.02 Å². The van der Waals surface area contributed by atoms with Gasteiger partial charge in [0, 0.05) is 28.8 Å². The van der Waals surface area contributed by atoms with Gasteiger partial charge in [-0.1, -0.05) is 25.4 Å². The van der Waals surface area contributed by atoms with Gasteiger partial charge in [-0.25, -0.2) is 0 Å². The molecule has 1 aromatic carbocycles. The molecule has 0 unspecified atom stereocenters. The fraction of sp³-hybridized carbons (Fsp3) is 0.600. The van der Waals surface area contributed by atoms with Gasteiger partial charge in [0.2, 0.25) is 0 Å². The Morgan fingerprint density at radius 2 is 2.11 bits per heavy atom. The number of hydrogen-bond donors (Lipinski definition) is 1. The summed E-state index contributed by atoms with van der Waals surface area (Å²) in [4.78, 5) is 2.46. The Labute approximate surface area is 129 Å². The fourth-order valence-corrected chi connectivity index (χ4v) is 3.17. The number of anilines is 1. The van der Waals surface area contributed by atoms with Crippen molar-refractivity contribution in [2.45, 2.75) is 38.6 Å². The number of halogens is 2. The minimum Gasteiger partial charge on any atom is -0.370 e. The summed E-state index contributed by atoms with van der Waals surface area (Å²) >= 11 is 9.68. The van der Waals surface area contributed by atoms with Crippen LogP contribution in [0.1, 0.15) is 33.1 Å². The highest BCUT2D eigenvalue weighted by atomic mass is 79.9. The quantitative estimate of drug-likeness (QED) is 0.870. The van der Waals surface area contributed by atoms with Crippen LogP contribution in [0.3, 0.4) is 0 Å². The monoisotopic (exact) mass is 344 g/mol. The molecule has 4 heteroatoms. The van der Waals surface area contributed by atoms with Crippen LogP contribution in [0.5, 0.6) is 0 Å². The molecule has 0 aromatic heterocycles. The van der Waals surface area contributed by atoms with Crippen LogP contribution in [0.4, 0.5) is 5.69 Å². The lowest BCUT2D eigenvalue weighted by molar-refractivity contribution is 0.321. The molecule has 1 heterocycles. The molecule has 2 rings (SSSR count). The molecule has 0 amide bonds. The second-order valence-corrected chi connectivity index (χ2v) is 6.55. The third-order valence-corrected chi connectivity index (χ3v) is 5.45. The standard InChI is InChI=1S/C15H22BrClN2/c1-3-15(4-2)11-19(9-5-8-18-15)12-6-7-13(16)14(17)10-12/h6-7,10,18H,3-5,8-9,11H2,1-2H3. The average Bonchev–Trinajstić information content (AvgIpc) is 2.65. The Hall–Kier alpha value is -0.250. The molecule has 19 heavy (non-hydrogen) atoms. The van der Waals surface area contributed by atoms with Gasteiger partial charge in [-0.15, -0.1) is 0 Å². The lowest BCUT2D eigenvalue weighted by Gasteiger charge is -2.36. The molecule has 0 bridgehead atoms. The van der Waals surface area contributed by atoms with E-state index in [2.05, 4.69) is 52.1 Å². The summed E-state index contributed by atoms with van der Waals surface area (Å²) in [6.45, 7) is 7.79. The van der Waals surface area contributed by atoms with Gasteiger partial charge in [0.1, 0.15) is 0 Å². The van der Waals surface area contributed by atoms with Crippen molar-refractivity contribution in [3.05, 3.63) is 27.7 Å². The van der Waals surface area contributed by atoms with Gasteiger partial charge in [-0.3, -0.25) is 0 Å². The molecule has 0 saturated carbocycles. The van der Waals surface area contributed by atoms with Crippen LogP contribution in [-0.2, 0) is 0 Å². The van der Waals surface area contributed by atoms with E-state index in [9.17, 15) is 0 Å². The van der Waals surface area contributed by atoms with Crippen LogP contribution in [0.2, 0.25) is 5.02 Å². The smallest absolute Gasteiger partial charge is 0.0568 e. The summed E-state index contributed by atoms with van der Waals surface area (Å²) in [6, 6.07) is 6.25. The number of rotatable bonds is 3. The van der Waals surface area contributed by atoms with E-state index in [0.29, 0.717) is 0 Å². The molecular formula is C15H22BrClN2. The highest BCUT2D eigenvalue weighted by Gasteiger charge is 2.30. The van der Waals surface area contributed by atoms with Crippen molar-refractivity contribution in [3.8, 4) is 0 Å². The molecular weight excluding hydrogens is 324 g/mol. The van der Waals surface area contributed by atoms with Gasteiger partial charge in [-0.2, -0.15) is 0 Å². The van der Waals surface area contributed by atoms with Crippen LogP contribution in [0, 0.1) is 0 Å². The van der Waals surface area contributed by atoms with Crippen LogP contribution < -0.4 is 10.2 Å². The SMILES string of the molecule is CCC1(CC)CN(c2ccc(Br)c(Cl)c2)CCCN1. The Kier molecular flexibility index (Phi) is 5.15. The largest absolute Gasteiger partial charge is 0.370 e. The molecule has 0 radical (unpaired) electrons. The van der Waals surface area contributed by atoms with Crippen molar-refractivity contribution in [3.63, 3.8) is 0 Å². The van der Waals surface area contributed by atoms with Crippen molar-refractivity contribution in [2.24, 2.45) is 0 Å². The molecule has 1 aliphatic rings. The fourth-order valence-electron chi connectivity index (χ4n) is 2.75. The second kappa shape index (κ2) is 6.47. The van der Waals surface area contributed by atoms with E-state index in [1.165, 1.54) is 12.1 Å². The maximum absolute atomic E-state index is 6.22. The molecule has 1 aliphatic heterocycles. The first-order valence-electron chi connectivity index (χ1n) is 7.05. The minimum atomic E-state index is 0.232. The maximum Gasteiger partial charge on any atom is 0.0568 e. The summed E-state index contributed by atoms with van der Waals surface area (Å²) in [7, 11) is 0. The molecule has 2 nitrogen and oxygen atoms in total. The van der Waals surface area contributed by atoms with Crippen molar-refractivity contribution >= 4 is 33.2 Å². The Bertz CT molecular complexity index is 432. The van der Waals surface area contributed by atoms with E-state index >= 15 is 0 Å². The van der Waals surface area contributed by atoms with E-state index in [0.717, 1.165) is 42.0 Å². The van der Waals surface area contributed by atoms with Gasteiger partial charge >= 0.3 is 0 Å². The Morgan fingerprint density at radius 3 is 2.74 bits per heavy atom. The summed E-state index contributed by atoms with van der Waals surface area (Å²) in [6.07, 6.45) is 3.49. The van der Waals surface area contributed by atoms with E-state index < -0.39 is 0 Å². The first kappa shape index (κ1) is 15.1. The third-order valence-electron chi connectivity index (χ3n) is 4.22. The zero-order chi connectivity index (χ0) is 13.9. The van der Waals surface area contributed by atoms with E-state index in [4.69, 9.17) is 11.6 Å². The molecule has 0 aliphatic carbocycles. The number of nitrogens with one attached hydrogen (secondary N) is 1. The third kappa shape index (κ3) is 3.45. The number of benzene rings is 1. The van der Waals surface area contributed by atoms with Gasteiger partial charge in [-0.05, 0) is 59.9 Å². The lowest BCUT2D eigenvalue weighted by atomic mass is 9.92. The zero-order valence-electron chi connectivity index (χ0n) is 11.7. The number of hydrogen-bond acceptors (Lipinski definition) is 2. The van der Waals surface area contributed by atoms with Crippen LogP contribution in [0.15, 0.2) is 22.7 Å². The van der Waals surface area contributed by atoms with Gasteiger partial charge < -0.3 is 10.2 Å². The Morgan fingerprint density at radius 1 is 1.37 bits per heavy atom. The molecule has 1 fully saturated rings. The van der Waals surface area contributed by atoms with Crippen molar-refractivity contribution < 1.29 is 0 Å². The molecule has 106 valence electrons. The van der Waals surface area contributed by atoms with Crippen LogP contribution in [-0.4, -0.2) is 25.2 Å². The molecule has 1 saturated heterocycles. The minimum absolute atomic E-state index is 0.232. The van der Waals surface area contributed by atoms with E-state index in [1.54, 1.807) is 0 Å². The predicted molar refractivity (Wildman–Crippen MR) is 87.3 cm³/mol. The Balaban J connectivity index is 2.24. The summed E-state index contributed by atoms with van der Waals surface area (Å²) < 4.78 is 0.961. The summed E-state index contributed by atoms with van der Waals surface area (Å²) in [5.41, 5.74) is 1.46. The maximum atomic E-state index is 6.22. The second-order valence-electron chi connectivity index (χ2n) is 5.29. The summed E-state index contributed by atoms with van der Waals surface area (Å²) in [5, 5.41) is 4.52. The molecule has 1 aromatic rings. The molecule has 0 spiro atoms. The zero-order valence-corrected chi connectivity index (χ0v) is 14.0. The van der Waals surface area contributed by atoms with Crippen molar-refractivity contribution in [1.29, 1.82) is 0 Å². The van der Waals surface area contributed by atoms with Crippen molar-refractivity contribution in [2.75, 3.05) is 24.5 Å². The lowest BCUT2D eigenvalue weighted by Crippen LogP contribution is -2.50. The summed E-state index contributed by atoms with van der Waals surface area (Å²) in [5.74, 6) is 0. The highest BCUT2D eigenvalue weighted by molar-refractivity contribution is 9.10. The highest BCUT2D eigenvalue weighted by Crippen LogP contribution is 2.30. The molecule has 1 N–H and O–H groups in total. The molecule has 0 atom stereocenters. The van der Waals surface area contributed by atoms with Crippen LogP contribution in [0.25, 0.3) is 0 Å². The predicted octanol–water partition coefficient (Wildman–Crippen LogP) is 4.46. The first-order valence-corrected chi connectivity index (χ1v) is 8.22. The normalized spacial score (nSPS) is 19.3. The van der Waals surface area contributed by atoms with Crippen molar-refractivity contribution in [1.82, 2.24) is 5.32 Å².